The Bertz CT molecular complexity index is 550. The molecule has 1 heterocycles. The van der Waals surface area contributed by atoms with Gasteiger partial charge in [0, 0.05) is 10.9 Å². The molecule has 0 radical (unpaired) electrons. The topological polar surface area (TPSA) is 24.9 Å². The molecule has 98 valence electrons. The highest BCUT2D eigenvalue weighted by atomic mass is 32.1. The zero-order valence-electron chi connectivity index (χ0n) is 10.9. The summed E-state index contributed by atoms with van der Waals surface area (Å²) in [6.45, 7) is 0. The highest BCUT2D eigenvalue weighted by Gasteiger charge is 2.29. The molecular formula is C16H18N2S. The number of thiazole rings is 1. The number of benzene rings is 1. The Morgan fingerprint density at radius 2 is 2.00 bits per heavy atom. The molecule has 2 aromatic rings. The fourth-order valence-electron chi connectivity index (χ4n) is 2.78. The molecule has 4 rings (SSSR count). The molecule has 0 amide bonds. The maximum absolute atomic E-state index is 4.90. The molecule has 2 aliphatic carbocycles. The maximum Gasteiger partial charge on any atom is 0.115 e. The lowest BCUT2D eigenvalue weighted by molar-refractivity contribution is 0.596. The monoisotopic (exact) mass is 270 g/mol. The smallest absolute Gasteiger partial charge is 0.115 e. The van der Waals surface area contributed by atoms with Crippen LogP contribution in [0.1, 0.15) is 46.4 Å². The van der Waals surface area contributed by atoms with Crippen molar-refractivity contribution in [1.82, 2.24) is 10.3 Å². The zero-order chi connectivity index (χ0) is 12.7. The number of aromatic nitrogens is 1. The van der Waals surface area contributed by atoms with E-state index in [9.17, 15) is 0 Å². The van der Waals surface area contributed by atoms with Crippen LogP contribution in [0.15, 0.2) is 30.3 Å². The van der Waals surface area contributed by atoms with E-state index >= 15 is 0 Å². The first kappa shape index (κ1) is 11.6. The van der Waals surface area contributed by atoms with Crippen LogP contribution < -0.4 is 5.32 Å². The van der Waals surface area contributed by atoms with Crippen LogP contribution in [-0.2, 0) is 12.8 Å². The minimum Gasteiger partial charge on any atom is -0.301 e. The van der Waals surface area contributed by atoms with E-state index in [0.717, 1.165) is 0 Å². The maximum atomic E-state index is 4.90. The molecule has 2 nitrogen and oxygen atoms in total. The summed E-state index contributed by atoms with van der Waals surface area (Å²) in [4.78, 5) is 6.43. The van der Waals surface area contributed by atoms with Gasteiger partial charge < -0.3 is 5.32 Å². The van der Waals surface area contributed by atoms with Crippen molar-refractivity contribution >= 4 is 11.3 Å². The van der Waals surface area contributed by atoms with Gasteiger partial charge in [0.25, 0.3) is 0 Å². The second-order valence-corrected chi connectivity index (χ2v) is 6.68. The van der Waals surface area contributed by atoms with Gasteiger partial charge in [-0.15, -0.1) is 11.3 Å². The van der Waals surface area contributed by atoms with E-state index in [1.165, 1.54) is 53.2 Å². The average Bonchev–Trinajstić information content (AvgIpc) is 3.01. The van der Waals surface area contributed by atoms with Crippen molar-refractivity contribution in [2.45, 2.75) is 44.2 Å². The molecule has 0 bridgehead atoms. The molecule has 1 aromatic heterocycles. The van der Waals surface area contributed by atoms with Crippen molar-refractivity contribution in [3.63, 3.8) is 0 Å². The van der Waals surface area contributed by atoms with Gasteiger partial charge in [-0.05, 0) is 37.7 Å². The van der Waals surface area contributed by atoms with E-state index < -0.39 is 0 Å². The summed E-state index contributed by atoms with van der Waals surface area (Å²) in [6.07, 6.45) is 6.33. The van der Waals surface area contributed by atoms with Gasteiger partial charge in [-0.1, -0.05) is 30.3 Å². The fourth-order valence-corrected chi connectivity index (χ4v) is 4.02. The third-order valence-corrected chi connectivity index (χ3v) is 5.19. The molecule has 0 aliphatic heterocycles. The number of nitrogens with zero attached hydrogens (tertiary/aromatic N) is 1. The van der Waals surface area contributed by atoms with Crippen molar-refractivity contribution in [2.75, 3.05) is 0 Å². The Kier molecular flexibility index (Phi) is 2.89. The minimum absolute atomic E-state index is 0.296. The van der Waals surface area contributed by atoms with Crippen molar-refractivity contribution in [3.8, 4) is 0 Å². The Morgan fingerprint density at radius 3 is 2.74 bits per heavy atom. The van der Waals surface area contributed by atoms with Crippen LogP contribution in [0, 0.1) is 0 Å². The Morgan fingerprint density at radius 1 is 1.16 bits per heavy atom. The Labute approximate surface area is 117 Å². The van der Waals surface area contributed by atoms with Crippen LogP contribution in [0.2, 0.25) is 0 Å². The summed E-state index contributed by atoms with van der Waals surface area (Å²) in [5, 5.41) is 5.03. The van der Waals surface area contributed by atoms with E-state index in [2.05, 4.69) is 35.6 Å². The summed E-state index contributed by atoms with van der Waals surface area (Å²) in [6, 6.07) is 11.8. The first-order chi connectivity index (χ1) is 9.40. The lowest BCUT2D eigenvalue weighted by Crippen LogP contribution is -2.24. The van der Waals surface area contributed by atoms with Crippen LogP contribution in [-0.4, -0.2) is 11.0 Å². The van der Waals surface area contributed by atoms with Crippen molar-refractivity contribution in [1.29, 1.82) is 0 Å². The highest BCUT2D eigenvalue weighted by Crippen LogP contribution is 2.35. The summed E-state index contributed by atoms with van der Waals surface area (Å²) in [7, 11) is 0. The lowest BCUT2D eigenvalue weighted by atomic mass is 10.1. The minimum atomic E-state index is 0.296. The van der Waals surface area contributed by atoms with Gasteiger partial charge in [-0.2, -0.15) is 0 Å². The summed E-state index contributed by atoms with van der Waals surface area (Å²) < 4.78 is 0. The predicted octanol–water partition coefficient (Wildman–Crippen LogP) is 3.47. The van der Waals surface area contributed by atoms with Crippen LogP contribution in [0.3, 0.4) is 0 Å². The van der Waals surface area contributed by atoms with E-state index in [-0.39, 0.29) is 0 Å². The number of aryl methyl sites for hydroxylation is 2. The fraction of sp³-hybridized carbons (Fsp3) is 0.438. The zero-order valence-corrected chi connectivity index (χ0v) is 11.7. The molecule has 1 saturated carbocycles. The predicted molar refractivity (Wildman–Crippen MR) is 78.6 cm³/mol. The SMILES string of the molecule is c1ccc(C(NC2CC2)c2nc3c(s2)CCC3)cc1. The normalized spacial score (nSPS) is 19.4. The van der Waals surface area contributed by atoms with Crippen molar-refractivity contribution in [3.05, 3.63) is 51.5 Å². The molecule has 0 saturated heterocycles. The molecule has 1 N–H and O–H groups in total. The summed E-state index contributed by atoms with van der Waals surface area (Å²) in [5.41, 5.74) is 2.71. The average molecular weight is 270 g/mol. The van der Waals surface area contributed by atoms with Crippen LogP contribution in [0.25, 0.3) is 0 Å². The van der Waals surface area contributed by atoms with Crippen LogP contribution in [0.5, 0.6) is 0 Å². The largest absolute Gasteiger partial charge is 0.301 e. The van der Waals surface area contributed by atoms with Crippen molar-refractivity contribution in [2.24, 2.45) is 0 Å². The number of nitrogens with one attached hydrogen (secondary N) is 1. The van der Waals surface area contributed by atoms with Gasteiger partial charge in [0.1, 0.15) is 5.01 Å². The molecule has 19 heavy (non-hydrogen) atoms. The van der Waals surface area contributed by atoms with Gasteiger partial charge in [0.15, 0.2) is 0 Å². The highest BCUT2D eigenvalue weighted by molar-refractivity contribution is 7.11. The summed E-state index contributed by atoms with van der Waals surface area (Å²) >= 11 is 1.92. The molecule has 0 spiro atoms. The van der Waals surface area contributed by atoms with Gasteiger partial charge in [0.2, 0.25) is 0 Å². The quantitative estimate of drug-likeness (QED) is 0.920. The Hall–Kier alpha value is -1.19. The molecule has 1 atom stereocenters. The summed E-state index contributed by atoms with van der Waals surface area (Å²) in [5.74, 6) is 0. The van der Waals surface area contributed by atoms with Gasteiger partial charge in [-0.25, -0.2) is 4.98 Å². The van der Waals surface area contributed by atoms with E-state index in [4.69, 9.17) is 4.98 Å². The number of hydrogen-bond donors (Lipinski definition) is 1. The number of rotatable bonds is 4. The molecule has 1 fully saturated rings. The van der Waals surface area contributed by atoms with E-state index in [1.54, 1.807) is 0 Å². The third-order valence-electron chi connectivity index (χ3n) is 3.97. The van der Waals surface area contributed by atoms with E-state index in [0.29, 0.717) is 12.1 Å². The van der Waals surface area contributed by atoms with Crippen molar-refractivity contribution < 1.29 is 0 Å². The Balaban J connectivity index is 1.68. The first-order valence-electron chi connectivity index (χ1n) is 7.19. The molecule has 3 heteroatoms. The molecular weight excluding hydrogens is 252 g/mol. The van der Waals surface area contributed by atoms with Crippen LogP contribution in [0.4, 0.5) is 0 Å². The first-order valence-corrected chi connectivity index (χ1v) is 8.01. The number of fused-ring (bicyclic) bond motifs is 1. The molecule has 1 aromatic carbocycles. The van der Waals surface area contributed by atoms with Gasteiger partial charge in [0.05, 0.1) is 11.7 Å². The standard InChI is InChI=1S/C16H18N2S/c1-2-5-11(6-3-1)15(17-12-9-10-12)16-18-13-7-4-8-14(13)19-16/h1-3,5-6,12,15,17H,4,7-10H2. The van der Waals surface area contributed by atoms with Crippen LogP contribution >= 0.6 is 11.3 Å². The second kappa shape index (κ2) is 4.73. The second-order valence-electron chi connectivity index (χ2n) is 5.56. The third kappa shape index (κ3) is 2.33. The molecule has 1 unspecified atom stereocenters. The van der Waals surface area contributed by atoms with Gasteiger partial charge >= 0.3 is 0 Å². The molecule has 2 aliphatic rings. The number of hydrogen-bond acceptors (Lipinski definition) is 3. The van der Waals surface area contributed by atoms with E-state index in [1.807, 2.05) is 11.3 Å². The van der Waals surface area contributed by atoms with Gasteiger partial charge in [-0.3, -0.25) is 0 Å². The lowest BCUT2D eigenvalue weighted by Gasteiger charge is -2.16.